The van der Waals surface area contributed by atoms with E-state index in [0.29, 0.717) is 32.9 Å². The van der Waals surface area contributed by atoms with Crippen molar-refractivity contribution in [1.82, 2.24) is 0 Å². The van der Waals surface area contributed by atoms with Gasteiger partial charge in [0.2, 0.25) is 0 Å². The van der Waals surface area contributed by atoms with Crippen molar-refractivity contribution >= 4 is 92.4 Å². The van der Waals surface area contributed by atoms with Gasteiger partial charge in [-0.1, -0.05) is 251 Å². The highest BCUT2D eigenvalue weighted by Crippen LogP contribution is 2.57. The molecule has 0 N–H and O–H groups in total. The number of carbonyl (C=O) groups excluding carboxylic acids is 1. The minimum absolute atomic E-state index is 0.0220. The summed E-state index contributed by atoms with van der Waals surface area (Å²) in [5.74, 6) is 7.08. The van der Waals surface area contributed by atoms with Gasteiger partial charge >= 0.3 is 21.6 Å². The largest absolute Gasteiger partial charge is 0.534 e. The Labute approximate surface area is 819 Å². The number of halogens is 3. The molecule has 4 saturated carbocycles. The van der Waals surface area contributed by atoms with Crippen molar-refractivity contribution in [1.29, 1.82) is 0 Å². The number of ether oxygens (including phenoxy) is 2. The average molecular weight is 1950 g/mol. The number of esters is 1. The minimum atomic E-state index is -5.73. The fraction of sp³-hybridized carbons (Fsp3) is 0.371. The van der Waals surface area contributed by atoms with E-state index < -0.39 is 26.5 Å². The molecule has 6 nitrogen and oxygen atoms in total. The van der Waals surface area contributed by atoms with Crippen LogP contribution in [0.15, 0.2) is 368 Å². The van der Waals surface area contributed by atoms with E-state index in [-0.39, 0.29) is 67.4 Å². The van der Waals surface area contributed by atoms with Gasteiger partial charge in [0.1, 0.15) is 53.1 Å². The van der Waals surface area contributed by atoms with Crippen LogP contribution in [0.5, 0.6) is 11.5 Å². The summed E-state index contributed by atoms with van der Waals surface area (Å²) in [5.41, 5.74) is 1.63. The quantitative estimate of drug-likeness (QED) is 0.0221. The maximum Gasteiger partial charge on any atom is 0.534 e. The Morgan fingerprint density at radius 2 is 0.654 bits per heavy atom. The van der Waals surface area contributed by atoms with Crippen LogP contribution in [-0.2, 0) is 107 Å². The monoisotopic (exact) mass is 1950 g/mol. The summed E-state index contributed by atoms with van der Waals surface area (Å²) in [4.78, 5) is 28.1. The zero-order valence-corrected chi connectivity index (χ0v) is 88.9. The van der Waals surface area contributed by atoms with E-state index in [1.807, 2.05) is 60.7 Å². The molecule has 0 unspecified atom stereocenters. The van der Waals surface area contributed by atoms with Gasteiger partial charge in [-0.2, -0.15) is 21.6 Å². The van der Waals surface area contributed by atoms with Crippen LogP contribution < -0.4 is 8.92 Å². The maximum atomic E-state index is 12.9. The predicted octanol–water partition coefficient (Wildman–Crippen LogP) is 30.4. The Bertz CT molecular complexity index is 5270. The molecule has 0 radical (unpaired) electrons. The third-order valence-corrected chi connectivity index (χ3v) is 36.9. The Hall–Kier alpha value is -8.10. The van der Waals surface area contributed by atoms with Crippen molar-refractivity contribution in [3.05, 3.63) is 348 Å². The lowest BCUT2D eigenvalue weighted by Gasteiger charge is -2.55. The Morgan fingerprint density at radius 1 is 0.368 bits per heavy atom. The SMILES string of the molecule is CCCC[S+](CCCC)CCCC.C[S+](C)C.C[S+](C)c1ccccc1.C[S+](c1ccc(C(C)(C)C)cc1)c1ccc(C(C)(C)C)cc1.Cc1cc([S+](c2ccccc2)c2ccccc2)cc(C)c1OCC(=O)OC12CC3CC(CC(C3)C1)C2.Cc1cc([S+](c2ccccc2)c2ccccc2)cc(C)c1OS(=O)(=O)C(F)(F)F.Cc1ccccc1[S+](c1ccccc1)c1ccccc1. The molecular weight excluding hydrogens is 1800 g/mol. The van der Waals surface area contributed by atoms with Crippen LogP contribution in [0, 0.1) is 52.4 Å². The lowest BCUT2D eigenvalue weighted by molar-refractivity contribution is -0.188. The molecule has 12 aromatic carbocycles. The van der Waals surface area contributed by atoms with E-state index in [4.69, 9.17) is 9.47 Å². The molecule has 17 heteroatoms. The lowest BCUT2D eigenvalue weighted by Crippen LogP contribution is -2.53. The van der Waals surface area contributed by atoms with Gasteiger partial charge in [0, 0.05) is 40.7 Å². The van der Waals surface area contributed by atoms with Gasteiger partial charge in [0.05, 0.1) is 62.3 Å². The fourth-order valence-corrected chi connectivity index (χ4v) is 29.1. The van der Waals surface area contributed by atoms with Crippen molar-refractivity contribution in [3.8, 4) is 11.5 Å². The third kappa shape index (κ3) is 33.7. The van der Waals surface area contributed by atoms with Crippen LogP contribution in [0.4, 0.5) is 13.2 Å². The summed E-state index contributed by atoms with van der Waals surface area (Å²) < 4.78 is 77.8. The van der Waals surface area contributed by atoms with Crippen LogP contribution >= 0.6 is 0 Å². The molecule has 4 fully saturated rings. The van der Waals surface area contributed by atoms with Gasteiger partial charge in [-0.05, 0) is 291 Å². The van der Waals surface area contributed by atoms with Crippen molar-refractivity contribution in [3.63, 3.8) is 0 Å². The van der Waals surface area contributed by atoms with Crippen LogP contribution in [-0.4, -0.2) is 86.9 Å². The first-order valence-corrected chi connectivity index (χ1v) is 59.6. The van der Waals surface area contributed by atoms with Crippen molar-refractivity contribution in [2.45, 2.75) is 255 Å². The normalized spacial score (nSPS) is 15.5. The van der Waals surface area contributed by atoms with Gasteiger partial charge in [-0.3, -0.25) is 0 Å². The van der Waals surface area contributed by atoms with Crippen molar-refractivity contribution in [2.24, 2.45) is 17.8 Å². The van der Waals surface area contributed by atoms with Crippen LogP contribution in [0.1, 0.15) is 178 Å². The molecule has 4 aliphatic carbocycles. The van der Waals surface area contributed by atoms with Gasteiger partial charge in [0.25, 0.3) is 0 Å². The number of rotatable bonds is 27. The third-order valence-electron chi connectivity index (χ3n) is 23.4. The first-order valence-electron chi connectivity index (χ1n) is 46.7. The number of alkyl halides is 3. The zero-order chi connectivity index (χ0) is 96.5. The topological polar surface area (TPSA) is 78.9 Å². The van der Waals surface area contributed by atoms with E-state index in [1.165, 1.54) is 150 Å². The number of hydrogen-bond donors (Lipinski definition) is 0. The average Bonchev–Trinajstić information content (AvgIpc) is 0.744. The number of carbonyl (C=O) groups is 1. The second-order valence-corrected chi connectivity index (χ2v) is 53.9. The van der Waals surface area contributed by atoms with Crippen molar-refractivity contribution in [2.75, 3.05) is 61.4 Å². The van der Waals surface area contributed by atoms with E-state index >= 15 is 0 Å². The van der Waals surface area contributed by atoms with Gasteiger partial charge in [-0.25, -0.2) is 4.79 Å². The Kier molecular flexibility index (Phi) is 43.3. The summed E-state index contributed by atoms with van der Waals surface area (Å²) in [5, 5.41) is 0. The van der Waals surface area contributed by atoms with Crippen LogP contribution in [0.3, 0.4) is 0 Å². The predicted molar refractivity (Wildman–Crippen MR) is 572 cm³/mol. The van der Waals surface area contributed by atoms with Gasteiger partial charge in [-0.15, -0.1) is 0 Å². The van der Waals surface area contributed by atoms with Crippen molar-refractivity contribution < 1.29 is 40.0 Å². The van der Waals surface area contributed by atoms with E-state index in [1.54, 1.807) is 12.1 Å². The summed E-state index contributed by atoms with van der Waals surface area (Å²) >= 11 is 0. The first-order chi connectivity index (χ1) is 63.4. The van der Waals surface area contributed by atoms with Crippen LogP contribution in [0.25, 0.3) is 0 Å². The van der Waals surface area contributed by atoms with E-state index in [2.05, 4.69) is 361 Å². The molecule has 4 aliphatic rings. The molecule has 0 heterocycles. The smallest absolute Gasteiger partial charge is 0.481 e. The zero-order valence-electron chi connectivity index (χ0n) is 82.3. The summed E-state index contributed by atoms with van der Waals surface area (Å²) in [7, 11) is -4.51. The van der Waals surface area contributed by atoms with E-state index in [9.17, 15) is 26.4 Å². The molecule has 0 spiro atoms. The summed E-state index contributed by atoms with van der Waals surface area (Å²) in [6.45, 7) is 29.9. The highest BCUT2D eigenvalue weighted by Gasteiger charge is 2.54. The number of unbranched alkanes of at least 4 members (excludes halogenated alkanes) is 3. The lowest BCUT2D eigenvalue weighted by atomic mass is 9.54. The molecule has 133 heavy (non-hydrogen) atoms. The molecule has 0 saturated heterocycles. The molecule has 4 bridgehead atoms. The van der Waals surface area contributed by atoms with Gasteiger partial charge < -0.3 is 13.7 Å². The maximum absolute atomic E-state index is 12.9. The molecular formula is C116H146F3O6S8+7. The minimum Gasteiger partial charge on any atom is -0.481 e. The molecule has 12 aromatic rings. The molecule has 16 rings (SSSR count). The van der Waals surface area contributed by atoms with Crippen LogP contribution in [0.2, 0.25) is 0 Å². The Balaban J connectivity index is 0.000000186. The second kappa shape index (κ2) is 53.0. The number of benzene rings is 12. The summed E-state index contributed by atoms with van der Waals surface area (Å²) in [6, 6.07) is 108. The highest BCUT2D eigenvalue weighted by molar-refractivity contribution is 7.98. The fourth-order valence-electron chi connectivity index (χ4n) is 17.0. The highest BCUT2D eigenvalue weighted by atomic mass is 32.2. The Morgan fingerprint density at radius 3 is 0.932 bits per heavy atom. The summed E-state index contributed by atoms with van der Waals surface area (Å²) in [6.07, 6.45) is 29.0. The number of aryl methyl sites for hydroxylation is 5. The number of hydrogen-bond acceptors (Lipinski definition) is 6. The molecule has 708 valence electrons. The molecule has 0 aliphatic heterocycles. The molecule has 0 atom stereocenters. The standard InChI is InChI=1S/C32H35O3S.C21H18F3O3S2.C21H29S.C19H17S.C12H27S.C8H11S.C3H9S/c1-22-13-29(36(27-9-5-3-6-10-27)28-11-7-4-8-12-28)14-23(2)31(22)34-21-30(33)35-32-18-24-15-25(19-32)17-26(16-24)20-32;1-15-13-19(14-16(2)20(15)27-29(25,26)21(22,23)24)28(17-9-5-3-6-10-17)18-11-7-4-8-12-18;1-20(2,3)16-8-12-18(13-9-16)22(7)19-14-10-17(11-15-19)21(4,5)6;1-16-10-8-9-15-19(16)20(17-11-4-2-5-12-17)18-13-6-3-7-14-18;1-4-7-10-13(11-8-5-2)12-9-6-3;1-9(2)8-6-4-3-5-7-8;1-4(2)3/h3-14,24-26H,15-21H2,1-2H3;3-14H,1-2H3;8-15H,1-7H3;2-15H,1H3;4-12H2,1-3H3;3-7H,1-2H3;1-3H3/q7*+1. The van der Waals surface area contributed by atoms with Gasteiger partial charge in [0.15, 0.2) is 65.4 Å². The molecule has 0 amide bonds. The van der Waals surface area contributed by atoms with E-state index in [0.717, 1.165) is 79.5 Å². The second-order valence-electron chi connectivity index (χ2n) is 37.4. The molecule has 0 aromatic heterocycles. The first kappa shape index (κ1) is 109.